The first-order chi connectivity index (χ1) is 14.8. The molecule has 0 atom stereocenters. The average molecular weight is 387 g/mol. The van der Waals surface area contributed by atoms with Gasteiger partial charge in [-0.15, -0.1) is 0 Å². The van der Waals surface area contributed by atoms with Gasteiger partial charge in [0.2, 0.25) is 0 Å². The van der Waals surface area contributed by atoms with Gasteiger partial charge < -0.3 is 0 Å². The van der Waals surface area contributed by atoms with E-state index in [0.29, 0.717) is 0 Å². The topological polar surface area (TPSA) is 21.5 Å². The number of hydrogen-bond donors (Lipinski definition) is 0. The summed E-state index contributed by atoms with van der Waals surface area (Å²) in [6.07, 6.45) is 8.28. The van der Waals surface area contributed by atoms with Gasteiger partial charge in [0.15, 0.2) is 0 Å². The van der Waals surface area contributed by atoms with Crippen molar-refractivity contribution < 1.29 is 0 Å². The second-order valence-electron chi connectivity index (χ2n) is 8.03. The number of rotatable bonds is 2. The van der Waals surface area contributed by atoms with Crippen molar-refractivity contribution in [3.8, 4) is 11.1 Å². The molecule has 1 aliphatic carbocycles. The summed E-state index contributed by atoms with van der Waals surface area (Å²) in [5, 5.41) is 3.42. The van der Waals surface area contributed by atoms with Gasteiger partial charge in [0.05, 0.1) is 11.0 Å². The fourth-order valence-electron chi connectivity index (χ4n) is 4.84. The molecular weight excluding hydrogens is 366 g/mol. The van der Waals surface area contributed by atoms with Crippen LogP contribution in [-0.4, -0.2) is 4.40 Å². The smallest absolute Gasteiger partial charge is 0.263 e. The first kappa shape index (κ1) is 17.2. The van der Waals surface area contributed by atoms with E-state index in [1.807, 2.05) is 16.5 Å². The highest BCUT2D eigenvalue weighted by atomic mass is 16.1. The molecule has 0 fully saturated rings. The Morgan fingerprint density at radius 1 is 0.833 bits per heavy atom. The lowest BCUT2D eigenvalue weighted by Crippen LogP contribution is -2.17. The van der Waals surface area contributed by atoms with Gasteiger partial charge in [-0.3, -0.25) is 9.20 Å². The van der Waals surface area contributed by atoms with Crippen molar-refractivity contribution in [3.05, 3.63) is 99.9 Å². The molecule has 0 unspecified atom stereocenters. The predicted molar refractivity (Wildman–Crippen MR) is 127 cm³/mol. The van der Waals surface area contributed by atoms with Crippen LogP contribution in [0.2, 0.25) is 0 Å². The molecule has 0 radical (unpaired) electrons. The summed E-state index contributed by atoms with van der Waals surface area (Å²) in [6, 6.07) is 23.3. The van der Waals surface area contributed by atoms with Crippen LogP contribution in [-0.2, 0) is 0 Å². The Morgan fingerprint density at radius 2 is 1.67 bits per heavy atom. The Kier molecular flexibility index (Phi) is 3.69. The number of aromatic nitrogens is 1. The summed E-state index contributed by atoms with van der Waals surface area (Å²) >= 11 is 0. The van der Waals surface area contributed by atoms with Crippen molar-refractivity contribution in [2.24, 2.45) is 0 Å². The second kappa shape index (κ2) is 6.43. The molecule has 0 amide bonds. The number of fused-ring (bicyclic) bond motifs is 5. The van der Waals surface area contributed by atoms with E-state index in [1.165, 1.54) is 16.7 Å². The molecule has 2 heteroatoms. The van der Waals surface area contributed by atoms with E-state index in [0.717, 1.165) is 51.2 Å². The first-order valence-electron chi connectivity index (χ1n) is 10.5. The molecule has 0 saturated heterocycles. The minimum Gasteiger partial charge on any atom is -0.275 e. The van der Waals surface area contributed by atoms with Gasteiger partial charge in [-0.1, -0.05) is 85.3 Å². The van der Waals surface area contributed by atoms with Crippen molar-refractivity contribution in [1.29, 1.82) is 0 Å². The summed E-state index contributed by atoms with van der Waals surface area (Å²) in [4.78, 5) is 13.6. The lowest BCUT2D eigenvalue weighted by Gasteiger charge is -2.09. The summed E-state index contributed by atoms with van der Waals surface area (Å²) in [5.74, 6) is 0. The van der Waals surface area contributed by atoms with Crippen molar-refractivity contribution in [1.82, 2.24) is 4.40 Å². The molecule has 30 heavy (non-hydrogen) atoms. The predicted octanol–water partition coefficient (Wildman–Crippen LogP) is 6.92. The van der Waals surface area contributed by atoms with Crippen LogP contribution < -0.4 is 5.56 Å². The van der Waals surface area contributed by atoms with Crippen molar-refractivity contribution in [3.63, 3.8) is 0 Å². The van der Waals surface area contributed by atoms with Gasteiger partial charge in [0.1, 0.15) is 0 Å². The van der Waals surface area contributed by atoms with Gasteiger partial charge in [-0.2, -0.15) is 0 Å². The Balaban J connectivity index is 1.78. The molecule has 3 aromatic carbocycles. The summed E-state index contributed by atoms with van der Waals surface area (Å²) in [7, 11) is 0. The van der Waals surface area contributed by atoms with Crippen molar-refractivity contribution in [2.75, 3.05) is 0 Å². The van der Waals surface area contributed by atoms with E-state index in [2.05, 4.69) is 79.7 Å². The number of hydrogen-bond acceptors (Lipinski definition) is 1. The van der Waals surface area contributed by atoms with Crippen LogP contribution in [0, 0.1) is 0 Å². The van der Waals surface area contributed by atoms with Crippen LogP contribution in [0.3, 0.4) is 0 Å². The van der Waals surface area contributed by atoms with Crippen LogP contribution in [0.1, 0.15) is 30.9 Å². The van der Waals surface area contributed by atoms with Gasteiger partial charge in [0, 0.05) is 21.7 Å². The molecule has 0 bridgehead atoms. The maximum atomic E-state index is 13.6. The molecular formula is C28H21NO. The van der Waals surface area contributed by atoms with E-state index in [4.69, 9.17) is 0 Å². The number of para-hydroxylation sites is 1. The Bertz CT molecular complexity index is 1550. The average Bonchev–Trinajstić information content (AvgIpc) is 2.97. The highest BCUT2D eigenvalue weighted by Crippen LogP contribution is 2.37. The van der Waals surface area contributed by atoms with Gasteiger partial charge in [-0.25, -0.2) is 0 Å². The Labute approximate surface area is 174 Å². The van der Waals surface area contributed by atoms with Crippen molar-refractivity contribution in [2.45, 2.75) is 19.8 Å². The zero-order valence-electron chi connectivity index (χ0n) is 16.9. The maximum absolute atomic E-state index is 13.6. The molecule has 2 nitrogen and oxygen atoms in total. The molecule has 0 N–H and O–H groups in total. The van der Waals surface area contributed by atoms with E-state index in [1.54, 1.807) is 0 Å². The molecule has 0 spiro atoms. The lowest BCUT2D eigenvalue weighted by atomic mass is 9.99. The highest BCUT2D eigenvalue weighted by Gasteiger charge is 2.20. The Hall–Kier alpha value is -3.65. The molecule has 0 aliphatic heterocycles. The van der Waals surface area contributed by atoms with Crippen LogP contribution in [0.4, 0.5) is 0 Å². The SMILES string of the molecule is CCC1=Cc2c(c(=O)n3c4ccc(-c5ccccc5)cc4c4cccc2c43)C=CC1. The molecule has 6 rings (SSSR count). The number of benzene rings is 3. The molecule has 144 valence electrons. The van der Waals surface area contributed by atoms with Crippen LogP contribution >= 0.6 is 0 Å². The van der Waals surface area contributed by atoms with Gasteiger partial charge in [0.25, 0.3) is 5.56 Å². The zero-order valence-corrected chi connectivity index (χ0v) is 16.9. The highest BCUT2D eigenvalue weighted by molar-refractivity contribution is 6.16. The third kappa shape index (κ3) is 2.34. The fraction of sp³-hybridized carbons (Fsp3) is 0.107. The summed E-state index contributed by atoms with van der Waals surface area (Å²) < 4.78 is 1.92. The first-order valence-corrected chi connectivity index (χ1v) is 10.5. The molecule has 2 aromatic heterocycles. The van der Waals surface area contributed by atoms with Crippen molar-refractivity contribution >= 4 is 39.3 Å². The van der Waals surface area contributed by atoms with Gasteiger partial charge in [-0.05, 0) is 41.7 Å². The van der Waals surface area contributed by atoms with E-state index in [-0.39, 0.29) is 5.56 Å². The normalized spacial score (nSPS) is 13.7. The molecule has 1 aliphatic rings. The second-order valence-corrected chi connectivity index (χ2v) is 8.03. The minimum atomic E-state index is 0.0704. The maximum Gasteiger partial charge on any atom is 0.263 e. The minimum absolute atomic E-state index is 0.0704. The number of allylic oxidation sites excluding steroid dienone is 2. The summed E-state index contributed by atoms with van der Waals surface area (Å²) in [5.41, 5.74) is 7.65. The zero-order chi connectivity index (χ0) is 20.2. The van der Waals surface area contributed by atoms with Crippen LogP contribution in [0.5, 0.6) is 0 Å². The van der Waals surface area contributed by atoms with E-state index >= 15 is 0 Å². The largest absolute Gasteiger partial charge is 0.275 e. The third-order valence-electron chi connectivity index (χ3n) is 6.38. The number of nitrogens with zero attached hydrogens (tertiary/aromatic N) is 1. The lowest BCUT2D eigenvalue weighted by molar-refractivity contribution is 1.05. The van der Waals surface area contributed by atoms with E-state index in [9.17, 15) is 4.79 Å². The molecule has 2 heterocycles. The Morgan fingerprint density at radius 3 is 2.50 bits per heavy atom. The van der Waals surface area contributed by atoms with Crippen LogP contribution in [0.25, 0.3) is 50.5 Å². The third-order valence-corrected chi connectivity index (χ3v) is 6.38. The van der Waals surface area contributed by atoms with Gasteiger partial charge >= 0.3 is 0 Å². The fourth-order valence-corrected chi connectivity index (χ4v) is 4.84. The van der Waals surface area contributed by atoms with Crippen LogP contribution in [0.15, 0.2) is 83.2 Å². The molecule has 5 aromatic rings. The standard InChI is InChI=1S/C28H21NO/c1-2-18-8-6-13-23-24(16-18)21-11-7-12-22-25-17-20(19-9-4-3-5-10-19)14-15-26(25)29(27(21)22)28(23)30/h3-7,9-17H,2,8H2,1H3. The van der Waals surface area contributed by atoms with E-state index < -0.39 is 0 Å². The monoisotopic (exact) mass is 387 g/mol. The number of pyridine rings is 1. The quantitative estimate of drug-likeness (QED) is 0.322. The summed E-state index contributed by atoms with van der Waals surface area (Å²) in [6.45, 7) is 2.18. The molecule has 0 saturated carbocycles.